The first kappa shape index (κ1) is 19.1. The molecule has 0 saturated heterocycles. The topological polar surface area (TPSA) is 35.0 Å². The summed E-state index contributed by atoms with van der Waals surface area (Å²) in [5.74, 6) is 1.67. The third-order valence-corrected chi connectivity index (χ3v) is 4.76. The molecule has 0 aliphatic rings. The second-order valence-electron chi connectivity index (χ2n) is 6.77. The van der Waals surface area contributed by atoms with E-state index in [0.29, 0.717) is 0 Å². The molecule has 0 atom stereocenters. The highest BCUT2D eigenvalue weighted by Crippen LogP contribution is 2.30. The van der Waals surface area contributed by atoms with Gasteiger partial charge in [0.05, 0.1) is 12.8 Å². The fourth-order valence-electron chi connectivity index (χ4n) is 3.30. The predicted molar refractivity (Wildman–Crippen MR) is 112 cm³/mol. The lowest BCUT2D eigenvalue weighted by Crippen LogP contribution is -2.06. The summed E-state index contributed by atoms with van der Waals surface area (Å²) in [5.41, 5.74) is 5.72. The van der Waals surface area contributed by atoms with Gasteiger partial charge in [-0.1, -0.05) is 57.0 Å². The molecule has 0 bridgehead atoms. The van der Waals surface area contributed by atoms with Gasteiger partial charge in [0.1, 0.15) is 5.75 Å². The number of methoxy groups -OCH3 is 1. The van der Waals surface area contributed by atoms with Gasteiger partial charge in [-0.05, 0) is 43.5 Å². The Hall–Kier alpha value is -2.68. The molecule has 0 N–H and O–H groups in total. The second-order valence-corrected chi connectivity index (χ2v) is 6.77. The maximum Gasteiger partial charge on any atom is 0.160 e. The van der Waals surface area contributed by atoms with Crippen molar-refractivity contribution in [1.82, 2.24) is 9.97 Å². The maximum atomic E-state index is 5.32. The third kappa shape index (κ3) is 4.54. The minimum atomic E-state index is 0.812. The van der Waals surface area contributed by atoms with Gasteiger partial charge >= 0.3 is 0 Å². The van der Waals surface area contributed by atoms with Crippen LogP contribution < -0.4 is 4.74 Å². The average Bonchev–Trinajstić information content (AvgIpc) is 2.73. The Morgan fingerprint density at radius 1 is 0.778 bits per heavy atom. The lowest BCUT2D eigenvalue weighted by molar-refractivity contribution is 0.415. The standard InChI is InChI=1S/C24H28N2O/c1-4-6-13-22-21(10-5-2)23(18-14-16-20(27-3)17-15-18)26-24(25-22)19-11-8-7-9-12-19/h7-9,11-12,14-17H,4-6,10,13H2,1-3H3. The molecule has 3 nitrogen and oxygen atoms in total. The van der Waals surface area contributed by atoms with Gasteiger partial charge < -0.3 is 4.74 Å². The number of aromatic nitrogens is 2. The molecular weight excluding hydrogens is 332 g/mol. The Labute approximate surface area is 162 Å². The van der Waals surface area contributed by atoms with Crippen LogP contribution in [-0.4, -0.2) is 17.1 Å². The quantitative estimate of drug-likeness (QED) is 0.486. The van der Waals surface area contributed by atoms with Gasteiger partial charge in [-0.3, -0.25) is 0 Å². The van der Waals surface area contributed by atoms with Crippen molar-refractivity contribution in [3.63, 3.8) is 0 Å². The molecule has 0 radical (unpaired) electrons. The van der Waals surface area contributed by atoms with Gasteiger partial charge in [0.2, 0.25) is 0 Å². The van der Waals surface area contributed by atoms with Crippen LogP contribution in [0.2, 0.25) is 0 Å². The number of aryl methyl sites for hydroxylation is 1. The second kappa shape index (κ2) is 9.31. The normalized spacial score (nSPS) is 10.8. The molecule has 0 fully saturated rings. The van der Waals surface area contributed by atoms with Gasteiger partial charge in [-0.2, -0.15) is 0 Å². The molecule has 0 saturated carbocycles. The zero-order valence-corrected chi connectivity index (χ0v) is 16.5. The Kier molecular flexibility index (Phi) is 6.59. The summed E-state index contributed by atoms with van der Waals surface area (Å²) >= 11 is 0. The van der Waals surface area contributed by atoms with Crippen molar-refractivity contribution in [3.8, 4) is 28.4 Å². The summed E-state index contributed by atoms with van der Waals surface area (Å²) in [6, 6.07) is 18.5. The first-order valence-electron chi connectivity index (χ1n) is 9.86. The van der Waals surface area contributed by atoms with E-state index >= 15 is 0 Å². The summed E-state index contributed by atoms with van der Waals surface area (Å²) in [6.07, 6.45) is 5.38. The van der Waals surface area contributed by atoms with E-state index in [0.717, 1.165) is 60.5 Å². The van der Waals surface area contributed by atoms with Crippen LogP contribution in [0.3, 0.4) is 0 Å². The van der Waals surface area contributed by atoms with E-state index in [-0.39, 0.29) is 0 Å². The van der Waals surface area contributed by atoms with Crippen molar-refractivity contribution in [2.45, 2.75) is 46.0 Å². The van der Waals surface area contributed by atoms with E-state index in [2.05, 4.69) is 38.1 Å². The van der Waals surface area contributed by atoms with Gasteiger partial charge in [0, 0.05) is 22.4 Å². The third-order valence-electron chi connectivity index (χ3n) is 4.76. The summed E-state index contributed by atoms with van der Waals surface area (Å²) < 4.78 is 5.32. The molecule has 0 amide bonds. The van der Waals surface area contributed by atoms with Crippen LogP contribution in [0, 0.1) is 0 Å². The largest absolute Gasteiger partial charge is 0.497 e. The summed E-state index contributed by atoms with van der Waals surface area (Å²) in [5, 5.41) is 0. The van der Waals surface area contributed by atoms with Crippen molar-refractivity contribution in [1.29, 1.82) is 0 Å². The van der Waals surface area contributed by atoms with Crippen molar-refractivity contribution in [3.05, 3.63) is 65.9 Å². The van der Waals surface area contributed by atoms with Crippen molar-refractivity contribution in [2.24, 2.45) is 0 Å². The number of hydrogen-bond acceptors (Lipinski definition) is 3. The highest BCUT2D eigenvalue weighted by molar-refractivity contribution is 5.68. The number of unbranched alkanes of at least 4 members (excludes halogenated alkanes) is 1. The SMILES string of the molecule is CCCCc1nc(-c2ccccc2)nc(-c2ccc(OC)cc2)c1CCC. The van der Waals surface area contributed by atoms with Crippen LogP contribution in [0.4, 0.5) is 0 Å². The molecule has 0 spiro atoms. The van der Waals surface area contributed by atoms with Crippen molar-refractivity contribution < 1.29 is 4.74 Å². The molecular formula is C24H28N2O. The highest BCUT2D eigenvalue weighted by atomic mass is 16.5. The molecule has 1 aromatic heterocycles. The lowest BCUT2D eigenvalue weighted by atomic mass is 9.97. The summed E-state index contributed by atoms with van der Waals surface area (Å²) in [7, 11) is 1.69. The van der Waals surface area contributed by atoms with Crippen LogP contribution in [0.5, 0.6) is 5.75 Å². The molecule has 27 heavy (non-hydrogen) atoms. The van der Waals surface area contributed by atoms with E-state index in [1.165, 1.54) is 11.3 Å². The molecule has 3 heteroatoms. The van der Waals surface area contributed by atoms with E-state index in [1.807, 2.05) is 30.3 Å². The predicted octanol–water partition coefficient (Wildman–Crippen LogP) is 6.11. The number of hydrogen-bond donors (Lipinski definition) is 0. The fraction of sp³-hybridized carbons (Fsp3) is 0.333. The van der Waals surface area contributed by atoms with Gasteiger partial charge in [0.25, 0.3) is 0 Å². The molecule has 2 aromatic carbocycles. The monoisotopic (exact) mass is 360 g/mol. The van der Waals surface area contributed by atoms with E-state index < -0.39 is 0 Å². The van der Waals surface area contributed by atoms with Crippen LogP contribution in [-0.2, 0) is 12.8 Å². The fourth-order valence-corrected chi connectivity index (χ4v) is 3.30. The summed E-state index contributed by atoms with van der Waals surface area (Å²) in [6.45, 7) is 4.44. The van der Waals surface area contributed by atoms with E-state index in [1.54, 1.807) is 7.11 Å². The Morgan fingerprint density at radius 2 is 1.52 bits per heavy atom. The minimum absolute atomic E-state index is 0.812. The maximum absolute atomic E-state index is 5.32. The van der Waals surface area contributed by atoms with Crippen molar-refractivity contribution in [2.75, 3.05) is 7.11 Å². The minimum Gasteiger partial charge on any atom is -0.497 e. The van der Waals surface area contributed by atoms with Crippen LogP contribution in [0.1, 0.15) is 44.4 Å². The average molecular weight is 361 g/mol. The van der Waals surface area contributed by atoms with Crippen LogP contribution in [0.25, 0.3) is 22.6 Å². The van der Waals surface area contributed by atoms with Crippen LogP contribution in [0.15, 0.2) is 54.6 Å². The van der Waals surface area contributed by atoms with Gasteiger partial charge in [0.15, 0.2) is 5.82 Å². The first-order valence-corrected chi connectivity index (χ1v) is 9.86. The molecule has 0 aliphatic heterocycles. The molecule has 3 aromatic rings. The molecule has 0 unspecified atom stereocenters. The Bertz CT molecular complexity index is 858. The molecule has 140 valence electrons. The Balaban J connectivity index is 2.17. The molecule has 3 rings (SSSR count). The summed E-state index contributed by atoms with van der Waals surface area (Å²) in [4.78, 5) is 9.99. The smallest absolute Gasteiger partial charge is 0.160 e. The molecule has 1 heterocycles. The van der Waals surface area contributed by atoms with Gasteiger partial charge in [-0.25, -0.2) is 9.97 Å². The molecule has 0 aliphatic carbocycles. The zero-order chi connectivity index (χ0) is 19.1. The van der Waals surface area contributed by atoms with E-state index in [4.69, 9.17) is 14.7 Å². The van der Waals surface area contributed by atoms with Crippen molar-refractivity contribution >= 4 is 0 Å². The van der Waals surface area contributed by atoms with Crippen LogP contribution >= 0.6 is 0 Å². The van der Waals surface area contributed by atoms with Gasteiger partial charge in [-0.15, -0.1) is 0 Å². The Morgan fingerprint density at radius 3 is 2.15 bits per heavy atom. The first-order chi connectivity index (χ1) is 13.3. The highest BCUT2D eigenvalue weighted by Gasteiger charge is 2.16. The number of ether oxygens (including phenoxy) is 1. The number of benzene rings is 2. The zero-order valence-electron chi connectivity index (χ0n) is 16.5. The van der Waals surface area contributed by atoms with E-state index in [9.17, 15) is 0 Å². The number of nitrogens with zero attached hydrogens (tertiary/aromatic N) is 2. The number of rotatable bonds is 8. The lowest BCUT2D eigenvalue weighted by Gasteiger charge is -2.16.